The molecule has 11 nitrogen and oxygen atoms in total. The number of piperidine rings is 1. The molecule has 1 spiro atoms. The van der Waals surface area contributed by atoms with Crippen LogP contribution in [0.5, 0.6) is 0 Å². The van der Waals surface area contributed by atoms with Crippen molar-refractivity contribution in [1.82, 2.24) is 19.6 Å². The zero-order chi connectivity index (χ0) is 27.5. The van der Waals surface area contributed by atoms with Crippen molar-refractivity contribution in [1.29, 1.82) is 0 Å². The lowest BCUT2D eigenvalue weighted by Gasteiger charge is -2.45. The van der Waals surface area contributed by atoms with Crippen molar-refractivity contribution in [3.63, 3.8) is 0 Å². The minimum atomic E-state index is -5.08. The quantitative estimate of drug-likeness (QED) is 0.501. The first-order valence-electron chi connectivity index (χ1n) is 11.2. The molecule has 1 unspecified atom stereocenters. The van der Waals surface area contributed by atoms with E-state index in [0.717, 1.165) is 5.82 Å². The Labute approximate surface area is 218 Å². The van der Waals surface area contributed by atoms with Crippen molar-refractivity contribution in [2.75, 3.05) is 18.4 Å². The molecule has 1 saturated heterocycles. The molecule has 5 rings (SSSR count). The minimum Gasteiger partial charge on any atom is -0.475 e. The van der Waals surface area contributed by atoms with E-state index in [1.807, 2.05) is 10.8 Å². The fourth-order valence-corrected chi connectivity index (χ4v) is 4.31. The maximum absolute atomic E-state index is 13.0. The molecule has 0 aliphatic carbocycles. The van der Waals surface area contributed by atoms with Crippen molar-refractivity contribution in [2.45, 2.75) is 37.3 Å². The summed E-state index contributed by atoms with van der Waals surface area (Å²) in [4.78, 5) is 40.6. The molecule has 202 valence electrons. The smallest absolute Gasteiger partial charge is 0.475 e. The van der Waals surface area contributed by atoms with Gasteiger partial charge in [0.1, 0.15) is 11.4 Å². The van der Waals surface area contributed by atoms with Crippen LogP contribution in [-0.2, 0) is 26.5 Å². The van der Waals surface area contributed by atoms with E-state index < -0.39 is 23.9 Å². The Morgan fingerprint density at radius 1 is 1.11 bits per heavy atom. The van der Waals surface area contributed by atoms with Gasteiger partial charge in [-0.05, 0) is 24.3 Å². The summed E-state index contributed by atoms with van der Waals surface area (Å²) in [7, 11) is 0. The molecule has 2 aromatic heterocycles. The molecule has 38 heavy (non-hydrogen) atoms. The van der Waals surface area contributed by atoms with E-state index >= 15 is 0 Å². The molecule has 0 radical (unpaired) electrons. The molecular formula is C23H21ClF3N5O6. The normalized spacial score (nSPS) is 18.2. The van der Waals surface area contributed by atoms with Crippen LogP contribution in [0.25, 0.3) is 0 Å². The van der Waals surface area contributed by atoms with Gasteiger partial charge in [0.15, 0.2) is 6.10 Å². The van der Waals surface area contributed by atoms with E-state index in [9.17, 15) is 22.8 Å². The highest BCUT2D eigenvalue weighted by molar-refractivity contribution is 6.30. The largest absolute Gasteiger partial charge is 0.490 e. The maximum atomic E-state index is 13.0. The second kappa shape index (κ2) is 10.8. The first-order chi connectivity index (χ1) is 18.0. The van der Waals surface area contributed by atoms with E-state index in [1.165, 1.54) is 6.20 Å². The van der Waals surface area contributed by atoms with Gasteiger partial charge in [0.05, 0.1) is 12.7 Å². The number of amides is 2. The van der Waals surface area contributed by atoms with Crippen LogP contribution in [0, 0.1) is 0 Å². The lowest BCUT2D eigenvalue weighted by Crippen LogP contribution is -2.54. The molecule has 2 aliphatic heterocycles. The number of halogens is 4. The zero-order valence-electron chi connectivity index (χ0n) is 19.5. The first kappa shape index (κ1) is 27.1. The monoisotopic (exact) mass is 555 g/mol. The Morgan fingerprint density at radius 3 is 2.34 bits per heavy atom. The van der Waals surface area contributed by atoms with Crippen LogP contribution < -0.4 is 5.32 Å². The summed E-state index contributed by atoms with van der Waals surface area (Å²) in [5.41, 5.74) is -0.0852. The second-order valence-corrected chi connectivity index (χ2v) is 8.91. The van der Waals surface area contributed by atoms with Crippen LogP contribution in [0.2, 0.25) is 5.02 Å². The number of carbonyl (C=O) groups is 3. The van der Waals surface area contributed by atoms with Crippen LogP contribution in [0.3, 0.4) is 0 Å². The van der Waals surface area contributed by atoms with Crippen molar-refractivity contribution >= 4 is 35.1 Å². The van der Waals surface area contributed by atoms with Crippen LogP contribution in [0.4, 0.5) is 18.9 Å². The number of aromatic nitrogens is 3. The van der Waals surface area contributed by atoms with E-state index in [-0.39, 0.29) is 17.6 Å². The van der Waals surface area contributed by atoms with Crippen molar-refractivity contribution in [3.05, 3.63) is 65.5 Å². The van der Waals surface area contributed by atoms with Crippen LogP contribution >= 0.6 is 11.6 Å². The Bertz CT molecular complexity index is 1290. The highest BCUT2D eigenvalue weighted by Gasteiger charge is 2.48. The third-order valence-electron chi connectivity index (χ3n) is 6.01. The van der Waals surface area contributed by atoms with E-state index in [0.29, 0.717) is 43.2 Å². The summed E-state index contributed by atoms with van der Waals surface area (Å²) in [6.07, 6.45) is 0.293. The van der Waals surface area contributed by atoms with Gasteiger partial charge >= 0.3 is 12.1 Å². The summed E-state index contributed by atoms with van der Waals surface area (Å²) in [6, 6.07) is 8.48. The number of carboxylic acid groups (broad SMARTS) is 1. The number of carboxylic acids is 1. The Balaban J connectivity index is 0.000000426. The van der Waals surface area contributed by atoms with Gasteiger partial charge in [0.25, 0.3) is 11.8 Å². The Hall–Kier alpha value is -3.91. The molecule has 2 N–H and O–H groups in total. The lowest BCUT2D eigenvalue weighted by atomic mass is 9.88. The molecule has 1 fully saturated rings. The number of likely N-dealkylation sites (tertiary alicyclic amines) is 1. The predicted molar refractivity (Wildman–Crippen MR) is 124 cm³/mol. The minimum absolute atomic E-state index is 0.205. The van der Waals surface area contributed by atoms with Gasteiger partial charge in [0.2, 0.25) is 5.76 Å². The number of hydrogen-bond donors (Lipinski definition) is 2. The number of nitrogens with one attached hydrogen (secondary N) is 1. The summed E-state index contributed by atoms with van der Waals surface area (Å²) in [5.74, 6) is -2.20. The van der Waals surface area contributed by atoms with Crippen molar-refractivity contribution in [2.24, 2.45) is 0 Å². The van der Waals surface area contributed by atoms with Gasteiger partial charge in [-0.3, -0.25) is 9.59 Å². The third kappa shape index (κ3) is 5.97. The fraction of sp³-hybridized carbons (Fsp3) is 0.348. The van der Waals surface area contributed by atoms with Gasteiger partial charge in [-0.25, -0.2) is 9.78 Å². The molecule has 2 amide bonds. The number of rotatable bonds is 3. The number of benzene rings is 1. The molecule has 15 heteroatoms. The maximum Gasteiger partial charge on any atom is 0.490 e. The number of anilines is 1. The van der Waals surface area contributed by atoms with Gasteiger partial charge < -0.3 is 29.2 Å². The average Bonchev–Trinajstić information content (AvgIpc) is 3.58. The SMILES string of the molecule is O=C(Nc1ccc(Cl)cc1)C1Cn2ccnc2C2(CCN(C(=O)c3ccno3)CC2)O1.O=C(O)C(F)(F)F. The molecule has 1 atom stereocenters. The lowest BCUT2D eigenvalue weighted by molar-refractivity contribution is -0.192. The van der Waals surface area contributed by atoms with Crippen LogP contribution in [-0.4, -0.2) is 67.9 Å². The number of carbonyl (C=O) groups excluding carboxylic acids is 2. The highest BCUT2D eigenvalue weighted by atomic mass is 35.5. The van der Waals surface area contributed by atoms with Gasteiger partial charge in [-0.15, -0.1) is 0 Å². The standard InChI is InChI=1S/C21H20ClN5O4.C2HF3O2/c22-14-1-3-15(4-2-14)25-18(28)17-13-27-12-9-23-20(27)21(30-17)6-10-26(11-7-21)19(29)16-5-8-24-31-16;3-2(4,5)1(6)7/h1-5,8-9,12,17H,6-7,10-11,13H2,(H,25,28);(H,6,7). The topological polar surface area (TPSA) is 140 Å². The number of hydrogen-bond acceptors (Lipinski definition) is 7. The predicted octanol–water partition coefficient (Wildman–Crippen LogP) is 3.33. The number of fused-ring (bicyclic) bond motifs is 2. The highest BCUT2D eigenvalue weighted by Crippen LogP contribution is 2.40. The Morgan fingerprint density at radius 2 is 1.76 bits per heavy atom. The summed E-state index contributed by atoms with van der Waals surface area (Å²) in [6.45, 7) is 1.28. The zero-order valence-corrected chi connectivity index (χ0v) is 20.3. The molecule has 1 aromatic carbocycles. The molecule has 2 aliphatic rings. The average molecular weight is 556 g/mol. The fourth-order valence-electron chi connectivity index (χ4n) is 4.18. The molecular weight excluding hydrogens is 535 g/mol. The number of alkyl halides is 3. The molecule has 3 aromatic rings. The molecule has 4 heterocycles. The van der Waals surface area contributed by atoms with Crippen LogP contribution in [0.15, 0.2) is 53.4 Å². The number of aliphatic carboxylic acids is 1. The second-order valence-electron chi connectivity index (χ2n) is 8.47. The van der Waals surface area contributed by atoms with Gasteiger partial charge in [0, 0.05) is 55.1 Å². The van der Waals surface area contributed by atoms with Crippen LogP contribution in [0.1, 0.15) is 29.2 Å². The van der Waals surface area contributed by atoms with E-state index in [2.05, 4.69) is 15.5 Å². The van der Waals surface area contributed by atoms with Gasteiger partial charge in [-0.1, -0.05) is 16.8 Å². The van der Waals surface area contributed by atoms with Gasteiger partial charge in [-0.2, -0.15) is 13.2 Å². The van der Waals surface area contributed by atoms with Crippen molar-refractivity contribution in [3.8, 4) is 0 Å². The molecule has 0 saturated carbocycles. The number of imidazole rings is 1. The first-order valence-corrected chi connectivity index (χ1v) is 11.6. The van der Waals surface area contributed by atoms with E-state index in [1.54, 1.807) is 41.4 Å². The number of nitrogens with zero attached hydrogens (tertiary/aromatic N) is 4. The van der Waals surface area contributed by atoms with E-state index in [4.69, 9.17) is 30.8 Å². The summed E-state index contributed by atoms with van der Waals surface area (Å²) in [5, 5.41) is 14.2. The Kier molecular flexibility index (Phi) is 7.73. The summed E-state index contributed by atoms with van der Waals surface area (Å²) < 4.78 is 45.1. The van der Waals surface area contributed by atoms with Crippen molar-refractivity contribution < 1.29 is 41.9 Å². The number of ether oxygens (including phenoxy) is 1. The third-order valence-corrected chi connectivity index (χ3v) is 6.26. The molecule has 0 bridgehead atoms. The summed E-state index contributed by atoms with van der Waals surface area (Å²) >= 11 is 5.92.